The minimum absolute atomic E-state index is 0.482. The molecule has 0 aromatic rings. The third-order valence-electron chi connectivity index (χ3n) is 1.67. The van der Waals surface area contributed by atoms with Crippen LogP contribution in [-0.4, -0.2) is 36.5 Å². The number of rotatable bonds is 4. The molecule has 0 rings (SSSR count). The molecule has 0 aliphatic heterocycles. The Kier molecular flexibility index (Phi) is 4.21. The number of hydrogen-bond donors (Lipinski definition) is 0. The molecular weight excluding hydrogens is 287 g/mol. The lowest BCUT2D eigenvalue weighted by Crippen LogP contribution is -2.62. The van der Waals surface area contributed by atoms with Crippen molar-refractivity contribution in [2.75, 3.05) is 6.61 Å². The molecule has 0 fully saturated rings. The van der Waals surface area contributed by atoms with Crippen molar-refractivity contribution in [3.05, 3.63) is 0 Å². The minimum atomic E-state index is -6.97. The SMILES string of the molecule is CC(=O)OCC(F)(F)C(F)(F)C(F)(F)C(F)(F)F. The average molecular weight is 292 g/mol. The normalized spacial score (nSPS) is 14.6. The number of ether oxygens (including phenoxy) is 1. The summed E-state index contributed by atoms with van der Waals surface area (Å²) >= 11 is 0. The molecule has 2 nitrogen and oxygen atoms in total. The smallest absolute Gasteiger partial charge is 0.459 e. The Bertz CT molecular complexity index is 319. The molecule has 0 atom stereocenters. The number of esters is 1. The van der Waals surface area contributed by atoms with Gasteiger partial charge in [-0.1, -0.05) is 0 Å². The number of carbonyl (C=O) groups is 1. The summed E-state index contributed by atoms with van der Waals surface area (Å²) < 4.78 is 113. The van der Waals surface area contributed by atoms with Gasteiger partial charge in [-0.2, -0.15) is 39.5 Å². The molecule has 0 aliphatic rings. The van der Waals surface area contributed by atoms with Crippen LogP contribution in [0, 0.1) is 0 Å². The molecule has 0 heterocycles. The highest BCUT2D eigenvalue weighted by atomic mass is 19.4. The fraction of sp³-hybridized carbons (Fsp3) is 0.857. The third-order valence-corrected chi connectivity index (χ3v) is 1.67. The Morgan fingerprint density at radius 1 is 0.889 bits per heavy atom. The van der Waals surface area contributed by atoms with E-state index < -0.39 is 36.5 Å². The first-order valence-corrected chi connectivity index (χ1v) is 4.00. The fourth-order valence-corrected chi connectivity index (χ4v) is 0.691. The first-order chi connectivity index (χ1) is 7.67. The summed E-state index contributed by atoms with van der Waals surface area (Å²) in [5.41, 5.74) is 0. The van der Waals surface area contributed by atoms with Crippen molar-refractivity contribution in [1.29, 1.82) is 0 Å². The van der Waals surface area contributed by atoms with Gasteiger partial charge in [-0.05, 0) is 0 Å². The van der Waals surface area contributed by atoms with E-state index in [4.69, 9.17) is 0 Å². The van der Waals surface area contributed by atoms with Crippen molar-refractivity contribution in [2.24, 2.45) is 0 Å². The maximum Gasteiger partial charge on any atom is 0.460 e. The Labute approximate surface area is 93.7 Å². The maximum absolute atomic E-state index is 12.6. The fourth-order valence-electron chi connectivity index (χ4n) is 0.691. The van der Waals surface area contributed by atoms with Crippen molar-refractivity contribution < 1.29 is 49.0 Å². The van der Waals surface area contributed by atoms with Crippen LogP contribution < -0.4 is 0 Å². The first-order valence-electron chi connectivity index (χ1n) is 4.00. The third kappa shape index (κ3) is 2.80. The van der Waals surface area contributed by atoms with Crippen LogP contribution in [0.15, 0.2) is 0 Å². The van der Waals surface area contributed by atoms with Crippen LogP contribution in [0.1, 0.15) is 6.92 Å². The highest BCUT2D eigenvalue weighted by Crippen LogP contribution is 2.52. The van der Waals surface area contributed by atoms with E-state index in [1.165, 1.54) is 0 Å². The molecular formula is C7H5F9O2. The van der Waals surface area contributed by atoms with E-state index in [0.29, 0.717) is 6.92 Å². The number of hydrogen-bond acceptors (Lipinski definition) is 2. The summed E-state index contributed by atoms with van der Waals surface area (Å²) in [5.74, 6) is -21.1. The Balaban J connectivity index is 5.29. The summed E-state index contributed by atoms with van der Waals surface area (Å²) in [6, 6.07) is 0. The van der Waals surface area contributed by atoms with Gasteiger partial charge in [0.25, 0.3) is 0 Å². The van der Waals surface area contributed by atoms with Crippen molar-refractivity contribution in [1.82, 2.24) is 0 Å². The number of halogens is 9. The first kappa shape index (κ1) is 16.8. The Morgan fingerprint density at radius 3 is 1.56 bits per heavy atom. The quantitative estimate of drug-likeness (QED) is 0.588. The maximum atomic E-state index is 12.6. The van der Waals surface area contributed by atoms with E-state index >= 15 is 0 Å². The van der Waals surface area contributed by atoms with Crippen LogP contribution >= 0.6 is 0 Å². The molecule has 0 aromatic carbocycles. The van der Waals surface area contributed by atoms with Crippen molar-refractivity contribution in [3.8, 4) is 0 Å². The van der Waals surface area contributed by atoms with Crippen LogP contribution in [0.3, 0.4) is 0 Å². The molecule has 0 amide bonds. The molecule has 0 saturated heterocycles. The van der Waals surface area contributed by atoms with Crippen LogP contribution in [-0.2, 0) is 9.53 Å². The van der Waals surface area contributed by atoms with E-state index in [1.807, 2.05) is 0 Å². The molecule has 0 spiro atoms. The highest BCUT2D eigenvalue weighted by molar-refractivity contribution is 5.65. The lowest BCUT2D eigenvalue weighted by atomic mass is 10.0. The standard InChI is InChI=1S/C7H5F9O2/c1-3(17)18-2-4(8,9)5(10,11)6(12,13)7(14,15)16/h2H2,1H3. The zero-order chi connectivity index (χ0) is 15.0. The zero-order valence-corrected chi connectivity index (χ0v) is 8.43. The lowest BCUT2D eigenvalue weighted by molar-refractivity contribution is -0.398. The topological polar surface area (TPSA) is 26.3 Å². The van der Waals surface area contributed by atoms with Crippen LogP contribution in [0.25, 0.3) is 0 Å². The van der Waals surface area contributed by atoms with Crippen molar-refractivity contribution in [2.45, 2.75) is 30.9 Å². The van der Waals surface area contributed by atoms with Gasteiger partial charge in [0.05, 0.1) is 0 Å². The summed E-state index contributed by atoms with van der Waals surface area (Å²) in [5, 5.41) is 0. The largest absolute Gasteiger partial charge is 0.460 e. The summed E-state index contributed by atoms with van der Waals surface area (Å²) in [6.45, 7) is -2.11. The van der Waals surface area contributed by atoms with Crippen molar-refractivity contribution in [3.63, 3.8) is 0 Å². The molecule has 108 valence electrons. The molecule has 0 aromatic heterocycles. The van der Waals surface area contributed by atoms with E-state index in [2.05, 4.69) is 4.74 Å². The predicted molar refractivity (Wildman–Crippen MR) is 37.5 cm³/mol. The summed E-state index contributed by atoms with van der Waals surface area (Å²) in [4.78, 5) is 10.1. The molecule has 18 heavy (non-hydrogen) atoms. The Hall–Kier alpha value is -1.16. The second-order valence-corrected chi connectivity index (χ2v) is 3.13. The van der Waals surface area contributed by atoms with Crippen LogP contribution in [0.4, 0.5) is 39.5 Å². The van der Waals surface area contributed by atoms with Gasteiger partial charge in [0.15, 0.2) is 6.61 Å². The zero-order valence-electron chi connectivity index (χ0n) is 8.43. The average Bonchev–Trinajstić information content (AvgIpc) is 2.12. The second-order valence-electron chi connectivity index (χ2n) is 3.13. The van der Waals surface area contributed by atoms with Gasteiger partial charge in [0.1, 0.15) is 0 Å². The van der Waals surface area contributed by atoms with Crippen LogP contribution in [0.5, 0.6) is 0 Å². The lowest BCUT2D eigenvalue weighted by Gasteiger charge is -2.33. The number of carbonyl (C=O) groups excluding carboxylic acids is 1. The van der Waals surface area contributed by atoms with Gasteiger partial charge < -0.3 is 4.74 Å². The molecule has 0 N–H and O–H groups in total. The summed E-state index contributed by atoms with van der Waals surface area (Å²) in [6.07, 6.45) is -6.88. The highest BCUT2D eigenvalue weighted by Gasteiger charge is 2.81. The van der Waals surface area contributed by atoms with E-state index in [-0.39, 0.29) is 0 Å². The minimum Gasteiger partial charge on any atom is -0.459 e. The van der Waals surface area contributed by atoms with Gasteiger partial charge in [-0.3, -0.25) is 4.79 Å². The molecule has 0 bridgehead atoms. The van der Waals surface area contributed by atoms with Gasteiger partial charge >= 0.3 is 29.9 Å². The Morgan fingerprint density at radius 2 is 1.28 bits per heavy atom. The predicted octanol–water partition coefficient (Wildman–Crippen LogP) is 3.02. The van der Waals surface area contributed by atoms with Crippen LogP contribution in [0.2, 0.25) is 0 Å². The summed E-state index contributed by atoms with van der Waals surface area (Å²) in [7, 11) is 0. The second kappa shape index (κ2) is 4.50. The molecule has 0 radical (unpaired) electrons. The molecule has 0 saturated carbocycles. The van der Waals surface area contributed by atoms with E-state index in [0.717, 1.165) is 0 Å². The van der Waals surface area contributed by atoms with Gasteiger partial charge in [-0.25, -0.2) is 0 Å². The molecule has 0 unspecified atom stereocenters. The van der Waals surface area contributed by atoms with E-state index in [9.17, 15) is 44.3 Å². The monoisotopic (exact) mass is 292 g/mol. The van der Waals surface area contributed by atoms with Gasteiger partial charge in [0, 0.05) is 6.92 Å². The molecule has 0 aliphatic carbocycles. The van der Waals surface area contributed by atoms with Gasteiger partial charge in [0.2, 0.25) is 0 Å². The molecule has 11 heteroatoms. The number of alkyl halides is 9. The van der Waals surface area contributed by atoms with E-state index in [1.54, 1.807) is 0 Å². The van der Waals surface area contributed by atoms with Crippen molar-refractivity contribution >= 4 is 5.97 Å². The van der Waals surface area contributed by atoms with Gasteiger partial charge in [-0.15, -0.1) is 0 Å².